The highest BCUT2D eigenvalue weighted by molar-refractivity contribution is 6.32. The zero-order valence-corrected chi connectivity index (χ0v) is 11.4. The van der Waals surface area contributed by atoms with Crippen LogP contribution in [0.3, 0.4) is 0 Å². The third-order valence-electron chi connectivity index (χ3n) is 2.52. The number of hydrogen-bond acceptors (Lipinski definition) is 4. The Morgan fingerprint density at radius 3 is 2.55 bits per heavy atom. The highest BCUT2D eigenvalue weighted by Gasteiger charge is 2.06. The van der Waals surface area contributed by atoms with E-state index in [1.54, 1.807) is 42.5 Å². The molecule has 5 heteroatoms. The Morgan fingerprint density at radius 1 is 1.25 bits per heavy atom. The number of ether oxygens (including phenoxy) is 1. The van der Waals surface area contributed by atoms with Crippen LogP contribution < -0.4 is 10.1 Å². The molecule has 0 saturated carbocycles. The van der Waals surface area contributed by atoms with E-state index < -0.39 is 0 Å². The standard InChI is InChI=1S/C15H11ClN2O2/c1-10(19)20-12-7-5-11(6-8-12)18-15-4-2-3-14(16)13(15)9-17/h2-8,18H,1H3. The van der Waals surface area contributed by atoms with Crippen LogP contribution in [0.15, 0.2) is 42.5 Å². The normalized spacial score (nSPS) is 9.65. The average Bonchev–Trinajstić information content (AvgIpc) is 2.41. The largest absolute Gasteiger partial charge is 0.427 e. The average molecular weight is 287 g/mol. The monoisotopic (exact) mass is 286 g/mol. The molecule has 0 aliphatic carbocycles. The Balaban J connectivity index is 2.21. The second kappa shape index (κ2) is 6.09. The Bertz CT molecular complexity index is 675. The van der Waals surface area contributed by atoms with Crippen molar-refractivity contribution >= 4 is 28.9 Å². The van der Waals surface area contributed by atoms with Gasteiger partial charge < -0.3 is 10.1 Å². The molecule has 4 nitrogen and oxygen atoms in total. The number of rotatable bonds is 3. The molecule has 0 spiro atoms. The van der Waals surface area contributed by atoms with Gasteiger partial charge in [0.1, 0.15) is 11.8 Å². The summed E-state index contributed by atoms with van der Waals surface area (Å²) in [4.78, 5) is 10.8. The number of carbonyl (C=O) groups excluding carboxylic acids is 1. The van der Waals surface area contributed by atoms with Crippen molar-refractivity contribution in [1.82, 2.24) is 0 Å². The molecule has 2 aromatic rings. The van der Waals surface area contributed by atoms with Crippen molar-refractivity contribution in [3.8, 4) is 11.8 Å². The van der Waals surface area contributed by atoms with E-state index in [0.29, 0.717) is 22.0 Å². The SMILES string of the molecule is CC(=O)Oc1ccc(Nc2cccc(Cl)c2C#N)cc1. The number of nitrogens with one attached hydrogen (secondary N) is 1. The van der Waals surface area contributed by atoms with Crippen LogP contribution in [-0.4, -0.2) is 5.97 Å². The van der Waals surface area contributed by atoms with Crippen molar-refractivity contribution in [2.24, 2.45) is 0 Å². The van der Waals surface area contributed by atoms with Crippen molar-refractivity contribution in [2.75, 3.05) is 5.32 Å². The molecule has 100 valence electrons. The van der Waals surface area contributed by atoms with Gasteiger partial charge in [0.2, 0.25) is 0 Å². The van der Waals surface area contributed by atoms with Crippen molar-refractivity contribution < 1.29 is 9.53 Å². The smallest absolute Gasteiger partial charge is 0.308 e. The number of nitriles is 1. The van der Waals surface area contributed by atoms with Crippen LogP contribution in [0.4, 0.5) is 11.4 Å². The van der Waals surface area contributed by atoms with Crippen LogP contribution in [0.1, 0.15) is 12.5 Å². The Hall–Kier alpha value is -2.51. The van der Waals surface area contributed by atoms with Crippen LogP contribution in [0, 0.1) is 11.3 Å². The van der Waals surface area contributed by atoms with Gasteiger partial charge in [0.15, 0.2) is 0 Å². The number of halogens is 1. The van der Waals surface area contributed by atoms with Gasteiger partial charge in [-0.25, -0.2) is 0 Å². The molecule has 0 bridgehead atoms. The summed E-state index contributed by atoms with van der Waals surface area (Å²) in [6.07, 6.45) is 0. The second-order valence-corrected chi connectivity index (χ2v) is 4.42. The quantitative estimate of drug-likeness (QED) is 0.687. The second-order valence-electron chi connectivity index (χ2n) is 4.02. The third kappa shape index (κ3) is 3.28. The predicted molar refractivity (Wildman–Crippen MR) is 77.2 cm³/mol. The Kier molecular flexibility index (Phi) is 4.24. The highest BCUT2D eigenvalue weighted by atomic mass is 35.5. The molecular weight excluding hydrogens is 276 g/mol. The molecule has 0 radical (unpaired) electrons. The van der Waals surface area contributed by atoms with Crippen LogP contribution in [0.2, 0.25) is 5.02 Å². The molecule has 0 heterocycles. The summed E-state index contributed by atoms with van der Waals surface area (Å²) >= 11 is 5.96. The summed E-state index contributed by atoms with van der Waals surface area (Å²) in [6.45, 7) is 1.34. The molecule has 2 rings (SSSR count). The molecule has 0 amide bonds. The number of anilines is 2. The van der Waals surface area contributed by atoms with Gasteiger partial charge in [0.25, 0.3) is 0 Å². The molecule has 0 aliphatic heterocycles. The van der Waals surface area contributed by atoms with Crippen LogP contribution >= 0.6 is 11.6 Å². The van der Waals surface area contributed by atoms with Gasteiger partial charge in [-0.15, -0.1) is 0 Å². The lowest BCUT2D eigenvalue weighted by atomic mass is 10.2. The fourth-order valence-electron chi connectivity index (χ4n) is 1.67. The van der Waals surface area contributed by atoms with E-state index in [1.807, 2.05) is 0 Å². The summed E-state index contributed by atoms with van der Waals surface area (Å²) in [7, 11) is 0. The minimum atomic E-state index is -0.368. The van der Waals surface area contributed by atoms with Crippen molar-refractivity contribution in [3.05, 3.63) is 53.1 Å². The molecule has 0 unspecified atom stereocenters. The summed E-state index contributed by atoms with van der Waals surface area (Å²) < 4.78 is 4.94. The molecule has 20 heavy (non-hydrogen) atoms. The molecule has 0 fully saturated rings. The molecule has 0 saturated heterocycles. The fourth-order valence-corrected chi connectivity index (χ4v) is 1.89. The van der Waals surface area contributed by atoms with E-state index in [2.05, 4.69) is 11.4 Å². The van der Waals surface area contributed by atoms with Gasteiger partial charge in [-0.1, -0.05) is 17.7 Å². The molecule has 0 atom stereocenters. The predicted octanol–water partition coefficient (Wildman–Crippen LogP) is 3.88. The fraction of sp³-hybridized carbons (Fsp3) is 0.0667. The van der Waals surface area contributed by atoms with Gasteiger partial charge in [0, 0.05) is 12.6 Å². The van der Waals surface area contributed by atoms with E-state index >= 15 is 0 Å². The number of nitrogens with zero attached hydrogens (tertiary/aromatic N) is 1. The van der Waals surface area contributed by atoms with Crippen LogP contribution in [0.5, 0.6) is 5.75 Å². The zero-order chi connectivity index (χ0) is 14.5. The van der Waals surface area contributed by atoms with Gasteiger partial charge in [-0.05, 0) is 36.4 Å². The maximum Gasteiger partial charge on any atom is 0.308 e. The van der Waals surface area contributed by atoms with Crippen molar-refractivity contribution in [2.45, 2.75) is 6.92 Å². The first-order chi connectivity index (χ1) is 9.60. The summed E-state index contributed by atoms with van der Waals surface area (Å²) in [5.74, 6) is 0.0990. The lowest BCUT2D eigenvalue weighted by Gasteiger charge is -2.09. The van der Waals surface area contributed by atoms with Crippen molar-refractivity contribution in [3.63, 3.8) is 0 Å². The number of benzene rings is 2. The van der Waals surface area contributed by atoms with Gasteiger partial charge in [0.05, 0.1) is 16.3 Å². The topological polar surface area (TPSA) is 62.1 Å². The van der Waals surface area contributed by atoms with E-state index in [0.717, 1.165) is 5.69 Å². The maximum atomic E-state index is 10.8. The Morgan fingerprint density at radius 2 is 1.95 bits per heavy atom. The number of esters is 1. The van der Waals surface area contributed by atoms with Crippen LogP contribution in [-0.2, 0) is 4.79 Å². The van der Waals surface area contributed by atoms with Crippen molar-refractivity contribution in [1.29, 1.82) is 5.26 Å². The molecule has 0 aromatic heterocycles. The van der Waals surface area contributed by atoms with Crippen LogP contribution in [0.25, 0.3) is 0 Å². The van der Waals surface area contributed by atoms with E-state index in [9.17, 15) is 4.79 Å². The molecule has 2 aromatic carbocycles. The lowest BCUT2D eigenvalue weighted by molar-refractivity contribution is -0.131. The molecular formula is C15H11ClN2O2. The first kappa shape index (κ1) is 13.9. The molecule has 0 aliphatic rings. The number of carbonyl (C=O) groups is 1. The summed E-state index contributed by atoms with van der Waals surface area (Å²) in [5.41, 5.74) is 1.78. The minimum absolute atomic E-state index is 0.368. The van der Waals surface area contributed by atoms with E-state index in [4.69, 9.17) is 21.6 Å². The zero-order valence-electron chi connectivity index (χ0n) is 10.7. The van der Waals surface area contributed by atoms with Gasteiger partial charge in [-0.3, -0.25) is 4.79 Å². The highest BCUT2D eigenvalue weighted by Crippen LogP contribution is 2.27. The van der Waals surface area contributed by atoms with E-state index in [-0.39, 0.29) is 5.97 Å². The van der Waals surface area contributed by atoms with E-state index in [1.165, 1.54) is 6.92 Å². The minimum Gasteiger partial charge on any atom is -0.427 e. The van der Waals surface area contributed by atoms with Gasteiger partial charge >= 0.3 is 5.97 Å². The maximum absolute atomic E-state index is 10.8. The summed E-state index contributed by atoms with van der Waals surface area (Å²) in [5, 5.41) is 12.6. The lowest BCUT2D eigenvalue weighted by Crippen LogP contribution is -2.01. The molecule has 1 N–H and O–H groups in total. The summed E-state index contributed by atoms with van der Waals surface area (Å²) in [6, 6.07) is 14.1. The first-order valence-electron chi connectivity index (χ1n) is 5.84. The first-order valence-corrected chi connectivity index (χ1v) is 6.22. The van der Waals surface area contributed by atoms with Gasteiger partial charge in [-0.2, -0.15) is 5.26 Å². The number of hydrogen-bond donors (Lipinski definition) is 1. The Labute approximate surface area is 121 Å². The third-order valence-corrected chi connectivity index (χ3v) is 2.84.